The molecule has 3 heterocycles. The van der Waals surface area contributed by atoms with Crippen LogP contribution in [0.4, 0.5) is 0 Å². The number of aliphatic hydroxyl groups excluding tert-OH is 1. The van der Waals surface area contributed by atoms with Crippen LogP contribution in [0.5, 0.6) is 0 Å². The highest BCUT2D eigenvalue weighted by atomic mass is 16.7. The van der Waals surface area contributed by atoms with Gasteiger partial charge in [-0.05, 0) is 71.5 Å². The van der Waals surface area contributed by atoms with Gasteiger partial charge < -0.3 is 24.6 Å². The summed E-state index contributed by atoms with van der Waals surface area (Å²) in [5.74, 6) is -0.153. The van der Waals surface area contributed by atoms with Gasteiger partial charge in [-0.25, -0.2) is 0 Å². The summed E-state index contributed by atoms with van der Waals surface area (Å²) >= 11 is 0. The van der Waals surface area contributed by atoms with Gasteiger partial charge in [0, 0.05) is 50.6 Å². The zero-order chi connectivity index (χ0) is 31.0. The first-order valence-electron chi connectivity index (χ1n) is 15.7. The number of methoxy groups -OCH3 is 1. The summed E-state index contributed by atoms with van der Waals surface area (Å²) in [5, 5.41) is 12.5. The van der Waals surface area contributed by atoms with Crippen molar-refractivity contribution in [1.29, 1.82) is 0 Å². The maximum Gasteiger partial charge on any atom is 0.253 e. The number of carbonyl (C=O) groups is 1. The van der Waals surface area contributed by atoms with Gasteiger partial charge >= 0.3 is 0 Å². The van der Waals surface area contributed by atoms with Crippen molar-refractivity contribution in [3.63, 3.8) is 0 Å². The Labute approximate surface area is 265 Å². The standard InChI is InChI=1S/C37H41N3O5/c1-43-25-33-11-5-17-40(33)23-34-20-35(28-14-12-26(24-41)13-15-28)45-37(44-34)31-9-3-8-30(19-31)29-7-2-6-27(18-29)21-39-36(42)32-10-4-16-38-22-32/h2-4,6-10,12-16,18-19,22,33-35,37,41H,5,11,17,20-21,23-25H2,1H3,(H,39,42)/t33-,34-,35+,37+/m0/s1. The third-order valence-corrected chi connectivity index (χ3v) is 8.71. The Balaban J connectivity index is 1.20. The van der Waals surface area contributed by atoms with Crippen LogP contribution >= 0.6 is 0 Å². The Kier molecular flexibility index (Phi) is 10.3. The van der Waals surface area contributed by atoms with Crippen molar-refractivity contribution in [2.24, 2.45) is 0 Å². The Morgan fingerprint density at radius 1 is 0.978 bits per heavy atom. The number of nitrogens with one attached hydrogen (secondary N) is 1. The lowest BCUT2D eigenvalue weighted by atomic mass is 9.98. The topological polar surface area (TPSA) is 93.2 Å². The molecule has 2 saturated heterocycles. The zero-order valence-corrected chi connectivity index (χ0v) is 25.7. The second-order valence-corrected chi connectivity index (χ2v) is 11.8. The van der Waals surface area contributed by atoms with Gasteiger partial charge in [0.05, 0.1) is 31.0 Å². The van der Waals surface area contributed by atoms with Crippen LogP contribution in [0, 0.1) is 0 Å². The number of rotatable bonds is 11. The van der Waals surface area contributed by atoms with E-state index in [4.69, 9.17) is 14.2 Å². The Bertz CT molecular complexity index is 1550. The van der Waals surface area contributed by atoms with Crippen LogP contribution in [0.1, 0.15) is 64.3 Å². The SMILES string of the molecule is COC[C@@H]1CCCN1C[C@@H]1C[C@H](c2ccc(CO)cc2)O[C@H](c2cccc(-c3cccc(CNC(=O)c4cccnc4)c3)c2)O1. The number of aliphatic hydroxyl groups is 1. The molecule has 0 aliphatic carbocycles. The van der Waals surface area contributed by atoms with E-state index in [9.17, 15) is 9.90 Å². The van der Waals surface area contributed by atoms with E-state index in [-0.39, 0.29) is 24.7 Å². The second kappa shape index (κ2) is 14.9. The van der Waals surface area contributed by atoms with E-state index in [1.807, 2.05) is 42.5 Å². The monoisotopic (exact) mass is 607 g/mol. The maximum absolute atomic E-state index is 12.5. The number of ether oxygens (including phenoxy) is 3. The number of nitrogens with zero attached hydrogens (tertiary/aromatic N) is 2. The molecule has 8 nitrogen and oxygen atoms in total. The summed E-state index contributed by atoms with van der Waals surface area (Å²) in [7, 11) is 1.77. The quantitative estimate of drug-likeness (QED) is 0.222. The number of pyridine rings is 1. The second-order valence-electron chi connectivity index (χ2n) is 11.8. The normalized spacial score (nSPS) is 21.9. The third kappa shape index (κ3) is 7.84. The smallest absolute Gasteiger partial charge is 0.253 e. The third-order valence-electron chi connectivity index (χ3n) is 8.71. The summed E-state index contributed by atoms with van der Waals surface area (Å²) in [4.78, 5) is 19.1. The first kappa shape index (κ1) is 31.1. The average molecular weight is 608 g/mol. The fourth-order valence-electron chi connectivity index (χ4n) is 6.32. The highest BCUT2D eigenvalue weighted by molar-refractivity contribution is 5.93. The summed E-state index contributed by atoms with van der Waals surface area (Å²) in [5.41, 5.74) is 6.55. The van der Waals surface area contributed by atoms with E-state index < -0.39 is 6.29 Å². The Morgan fingerprint density at radius 2 is 1.80 bits per heavy atom. The van der Waals surface area contributed by atoms with Crippen molar-refractivity contribution in [2.75, 3.05) is 26.8 Å². The van der Waals surface area contributed by atoms with Gasteiger partial charge in [-0.2, -0.15) is 0 Å². The summed E-state index contributed by atoms with van der Waals surface area (Å²) in [6.07, 6.45) is 5.59. The van der Waals surface area contributed by atoms with E-state index >= 15 is 0 Å². The van der Waals surface area contributed by atoms with Gasteiger partial charge in [-0.15, -0.1) is 0 Å². The molecule has 4 atom stereocenters. The molecule has 234 valence electrons. The first-order chi connectivity index (χ1) is 22.1. The molecule has 0 radical (unpaired) electrons. The van der Waals surface area contributed by atoms with E-state index in [2.05, 4.69) is 45.5 Å². The predicted octanol–water partition coefficient (Wildman–Crippen LogP) is 5.83. The molecule has 3 aromatic carbocycles. The Morgan fingerprint density at radius 3 is 2.58 bits per heavy atom. The van der Waals surface area contributed by atoms with E-state index in [0.717, 1.165) is 65.9 Å². The lowest BCUT2D eigenvalue weighted by Crippen LogP contribution is -2.42. The minimum Gasteiger partial charge on any atom is -0.392 e. The zero-order valence-electron chi connectivity index (χ0n) is 25.7. The number of carbonyl (C=O) groups excluding carboxylic acids is 1. The van der Waals surface area contributed by atoms with Crippen LogP contribution in [0.3, 0.4) is 0 Å². The first-order valence-corrected chi connectivity index (χ1v) is 15.7. The van der Waals surface area contributed by atoms with E-state index in [1.165, 1.54) is 6.42 Å². The molecule has 6 rings (SSSR count). The van der Waals surface area contributed by atoms with Crippen LogP contribution in [0.15, 0.2) is 97.3 Å². The minimum absolute atomic E-state index is 0.0147. The average Bonchev–Trinajstić information content (AvgIpc) is 3.54. The summed E-state index contributed by atoms with van der Waals surface area (Å²) in [6, 6.07) is 28.4. The molecule has 0 saturated carbocycles. The largest absolute Gasteiger partial charge is 0.392 e. The number of amides is 1. The fraction of sp³-hybridized carbons (Fsp3) is 0.351. The lowest BCUT2D eigenvalue weighted by Gasteiger charge is -2.39. The molecule has 0 bridgehead atoms. The number of likely N-dealkylation sites (tertiary alicyclic amines) is 1. The molecule has 2 N–H and O–H groups in total. The van der Waals surface area contributed by atoms with Gasteiger partial charge in [0.15, 0.2) is 6.29 Å². The molecule has 1 amide bonds. The van der Waals surface area contributed by atoms with Crippen molar-refractivity contribution < 1.29 is 24.1 Å². The van der Waals surface area contributed by atoms with Gasteiger partial charge in [0.2, 0.25) is 0 Å². The van der Waals surface area contributed by atoms with Gasteiger partial charge in [0.25, 0.3) is 5.91 Å². The molecule has 45 heavy (non-hydrogen) atoms. The van der Waals surface area contributed by atoms with Gasteiger partial charge in [-0.1, -0.05) is 60.7 Å². The fourth-order valence-corrected chi connectivity index (χ4v) is 6.32. The summed E-state index contributed by atoms with van der Waals surface area (Å²) < 4.78 is 18.8. The Hall–Kier alpha value is -3.92. The van der Waals surface area contributed by atoms with Gasteiger partial charge in [-0.3, -0.25) is 14.7 Å². The molecule has 2 aliphatic heterocycles. The number of aromatic nitrogens is 1. The maximum atomic E-state index is 12.5. The minimum atomic E-state index is -0.531. The molecular formula is C37H41N3O5. The van der Waals surface area contributed by atoms with Crippen molar-refractivity contribution in [1.82, 2.24) is 15.2 Å². The number of benzene rings is 3. The highest BCUT2D eigenvalue weighted by Crippen LogP contribution is 2.39. The lowest BCUT2D eigenvalue weighted by molar-refractivity contribution is -0.253. The molecule has 2 aliphatic rings. The van der Waals surface area contributed by atoms with Crippen molar-refractivity contribution >= 4 is 5.91 Å². The van der Waals surface area contributed by atoms with Crippen molar-refractivity contribution in [2.45, 2.75) is 57.0 Å². The molecule has 2 fully saturated rings. The number of hydrogen-bond donors (Lipinski definition) is 2. The molecule has 0 spiro atoms. The van der Waals surface area contributed by atoms with Crippen LogP contribution in [0.2, 0.25) is 0 Å². The van der Waals surface area contributed by atoms with Crippen LogP contribution in [-0.2, 0) is 27.4 Å². The van der Waals surface area contributed by atoms with Crippen molar-refractivity contribution in [3.05, 3.63) is 125 Å². The predicted molar refractivity (Wildman–Crippen MR) is 172 cm³/mol. The van der Waals surface area contributed by atoms with Crippen LogP contribution in [0.25, 0.3) is 11.1 Å². The highest BCUT2D eigenvalue weighted by Gasteiger charge is 2.35. The molecule has 8 heteroatoms. The molecule has 0 unspecified atom stereocenters. The number of hydrogen-bond acceptors (Lipinski definition) is 7. The summed E-state index contributed by atoms with van der Waals surface area (Å²) in [6.45, 7) is 3.03. The van der Waals surface area contributed by atoms with Crippen molar-refractivity contribution in [3.8, 4) is 11.1 Å². The van der Waals surface area contributed by atoms with Crippen LogP contribution in [-0.4, -0.2) is 59.8 Å². The van der Waals surface area contributed by atoms with Gasteiger partial charge in [0.1, 0.15) is 0 Å². The molecule has 1 aromatic heterocycles. The molecule has 4 aromatic rings. The van der Waals surface area contributed by atoms with E-state index in [0.29, 0.717) is 18.2 Å². The van der Waals surface area contributed by atoms with Crippen LogP contribution < -0.4 is 5.32 Å². The van der Waals surface area contributed by atoms with E-state index in [1.54, 1.807) is 31.6 Å². The molecular weight excluding hydrogens is 566 g/mol.